The number of hydrogen-bond acceptors (Lipinski definition) is 4. The lowest BCUT2D eigenvalue weighted by Gasteiger charge is -2.18. The molecule has 2 aromatic rings. The molecule has 0 aliphatic carbocycles. The van der Waals surface area contributed by atoms with Crippen LogP contribution in [0.5, 0.6) is 0 Å². The predicted molar refractivity (Wildman–Crippen MR) is 102 cm³/mol. The number of nitriles is 1. The summed E-state index contributed by atoms with van der Waals surface area (Å²) in [4.78, 5) is 18.3. The molecule has 0 radical (unpaired) electrons. The van der Waals surface area contributed by atoms with Crippen molar-refractivity contribution in [2.45, 2.75) is 19.9 Å². The van der Waals surface area contributed by atoms with Crippen LogP contribution in [0.25, 0.3) is 0 Å². The molecule has 2 rings (SSSR count). The van der Waals surface area contributed by atoms with Gasteiger partial charge < -0.3 is 10.2 Å². The van der Waals surface area contributed by atoms with Crippen molar-refractivity contribution in [1.82, 2.24) is 15.2 Å². The third-order valence-corrected chi connectivity index (χ3v) is 4.29. The Morgan fingerprint density at radius 3 is 2.69 bits per heavy atom. The van der Waals surface area contributed by atoms with E-state index in [0.29, 0.717) is 18.1 Å². The van der Waals surface area contributed by atoms with Crippen molar-refractivity contribution in [2.24, 2.45) is 0 Å². The number of likely N-dealkylation sites (N-methyl/N-ethyl adjacent to an activating group) is 1. The molecule has 0 bridgehead atoms. The number of carbonyl (C=O) groups is 1. The normalized spacial score (nSPS) is 10.9. The van der Waals surface area contributed by atoms with E-state index in [9.17, 15) is 10.1 Å². The second-order valence-electron chi connectivity index (χ2n) is 5.66. The summed E-state index contributed by atoms with van der Waals surface area (Å²) in [6.45, 7) is 3.68. The van der Waals surface area contributed by atoms with Crippen molar-refractivity contribution in [3.05, 3.63) is 76.7 Å². The van der Waals surface area contributed by atoms with Crippen molar-refractivity contribution in [3.8, 4) is 6.07 Å². The molecule has 1 aromatic carbocycles. The third-order valence-electron chi connectivity index (χ3n) is 3.92. The van der Waals surface area contributed by atoms with E-state index >= 15 is 0 Å². The molecule has 0 atom stereocenters. The second-order valence-corrected chi connectivity index (χ2v) is 6.07. The number of amides is 1. The Kier molecular flexibility index (Phi) is 7.66. The van der Waals surface area contributed by atoms with Crippen LogP contribution in [0.1, 0.15) is 18.1 Å². The zero-order chi connectivity index (χ0) is 18.8. The average Bonchev–Trinajstić information content (AvgIpc) is 2.68. The number of nitrogens with one attached hydrogen (secondary N) is 1. The number of carbonyl (C=O) groups excluding carboxylic acids is 1. The highest BCUT2D eigenvalue weighted by molar-refractivity contribution is 6.31. The minimum Gasteiger partial charge on any atom is -0.376 e. The standard InChI is InChI=1S/C20H21ClN4O/c1-2-25(12-9-16-7-10-23-11-8-16)15-18(13-22)20(26)24-14-17-5-3-4-6-19(17)21/h3-8,10-11,15H,2,9,12,14H2,1H3,(H,24,26)/b18-15-. The Bertz CT molecular complexity index is 799. The number of rotatable bonds is 8. The van der Waals surface area contributed by atoms with Gasteiger partial charge in [0.05, 0.1) is 0 Å². The molecule has 0 unspecified atom stereocenters. The van der Waals surface area contributed by atoms with E-state index in [0.717, 1.165) is 17.5 Å². The minimum absolute atomic E-state index is 0.0774. The number of aromatic nitrogens is 1. The van der Waals surface area contributed by atoms with Gasteiger partial charge in [0.25, 0.3) is 5.91 Å². The molecule has 0 fully saturated rings. The van der Waals surface area contributed by atoms with Crippen molar-refractivity contribution in [2.75, 3.05) is 13.1 Å². The summed E-state index contributed by atoms with van der Waals surface area (Å²) >= 11 is 6.08. The Hall–Kier alpha value is -2.84. The van der Waals surface area contributed by atoms with Gasteiger partial charge in [0, 0.05) is 43.3 Å². The first-order valence-electron chi connectivity index (χ1n) is 8.40. The van der Waals surface area contributed by atoms with E-state index in [4.69, 9.17) is 11.6 Å². The van der Waals surface area contributed by atoms with Crippen LogP contribution in [0, 0.1) is 11.3 Å². The molecule has 0 spiro atoms. The van der Waals surface area contributed by atoms with Crippen molar-refractivity contribution >= 4 is 17.5 Å². The van der Waals surface area contributed by atoms with Crippen LogP contribution < -0.4 is 5.32 Å². The Morgan fingerprint density at radius 1 is 1.31 bits per heavy atom. The first kappa shape index (κ1) is 19.5. The number of benzene rings is 1. The lowest BCUT2D eigenvalue weighted by atomic mass is 10.2. The number of pyridine rings is 1. The molecule has 1 heterocycles. The van der Waals surface area contributed by atoms with E-state index in [2.05, 4.69) is 10.3 Å². The topological polar surface area (TPSA) is 69.0 Å². The Morgan fingerprint density at radius 2 is 2.04 bits per heavy atom. The monoisotopic (exact) mass is 368 g/mol. The van der Waals surface area contributed by atoms with E-state index in [1.54, 1.807) is 24.7 Å². The van der Waals surface area contributed by atoms with Crippen LogP contribution >= 0.6 is 11.6 Å². The van der Waals surface area contributed by atoms with Crippen LogP contribution in [0.4, 0.5) is 0 Å². The largest absolute Gasteiger partial charge is 0.376 e. The minimum atomic E-state index is -0.408. The van der Waals surface area contributed by atoms with Gasteiger partial charge in [-0.05, 0) is 42.7 Å². The van der Waals surface area contributed by atoms with Crippen LogP contribution in [0.15, 0.2) is 60.6 Å². The fourth-order valence-corrected chi connectivity index (χ4v) is 2.57. The third kappa shape index (κ3) is 5.91. The molecule has 134 valence electrons. The zero-order valence-corrected chi connectivity index (χ0v) is 15.4. The van der Waals surface area contributed by atoms with Gasteiger partial charge in [0.1, 0.15) is 11.6 Å². The summed E-state index contributed by atoms with van der Waals surface area (Å²) in [5.41, 5.74) is 2.05. The van der Waals surface area contributed by atoms with E-state index in [1.807, 2.05) is 48.2 Å². The molecule has 6 heteroatoms. The second kappa shape index (κ2) is 10.2. The van der Waals surface area contributed by atoms with E-state index in [1.165, 1.54) is 0 Å². The smallest absolute Gasteiger partial charge is 0.263 e. The van der Waals surface area contributed by atoms with Crippen LogP contribution in [-0.4, -0.2) is 28.9 Å². The molecule has 1 amide bonds. The summed E-state index contributed by atoms with van der Waals surface area (Å²) in [5.74, 6) is -0.408. The molecule has 5 nitrogen and oxygen atoms in total. The van der Waals surface area contributed by atoms with Gasteiger partial charge in [-0.2, -0.15) is 5.26 Å². The maximum absolute atomic E-state index is 12.3. The van der Waals surface area contributed by atoms with Gasteiger partial charge in [0.15, 0.2) is 0 Å². The number of hydrogen-bond donors (Lipinski definition) is 1. The Labute approximate surface area is 158 Å². The van der Waals surface area contributed by atoms with Crippen LogP contribution in [0.3, 0.4) is 0 Å². The van der Waals surface area contributed by atoms with Crippen molar-refractivity contribution < 1.29 is 4.79 Å². The molecule has 0 saturated carbocycles. The molecule has 0 aliphatic heterocycles. The molecule has 26 heavy (non-hydrogen) atoms. The fourth-order valence-electron chi connectivity index (χ4n) is 2.37. The first-order chi connectivity index (χ1) is 12.6. The van der Waals surface area contributed by atoms with Gasteiger partial charge in [-0.25, -0.2) is 0 Å². The molecular formula is C20H21ClN4O. The zero-order valence-electron chi connectivity index (χ0n) is 14.7. The molecule has 1 N–H and O–H groups in total. The summed E-state index contributed by atoms with van der Waals surface area (Å²) < 4.78 is 0. The van der Waals surface area contributed by atoms with E-state index in [-0.39, 0.29) is 12.1 Å². The van der Waals surface area contributed by atoms with Gasteiger partial charge in [-0.1, -0.05) is 29.8 Å². The SMILES string of the molecule is CCN(/C=C(/C#N)C(=O)NCc1ccccc1Cl)CCc1ccncc1. The van der Waals surface area contributed by atoms with E-state index < -0.39 is 5.91 Å². The fraction of sp³-hybridized carbons (Fsp3) is 0.250. The van der Waals surface area contributed by atoms with Crippen LogP contribution in [0.2, 0.25) is 5.02 Å². The number of halogens is 1. The van der Waals surface area contributed by atoms with Gasteiger partial charge in [0.2, 0.25) is 0 Å². The summed E-state index contributed by atoms with van der Waals surface area (Å²) in [6, 6.07) is 13.2. The number of nitrogens with zero attached hydrogens (tertiary/aromatic N) is 3. The lowest BCUT2D eigenvalue weighted by molar-refractivity contribution is -0.117. The highest BCUT2D eigenvalue weighted by Gasteiger charge is 2.11. The highest BCUT2D eigenvalue weighted by Crippen LogP contribution is 2.14. The predicted octanol–water partition coefficient (Wildman–Crippen LogP) is 3.32. The first-order valence-corrected chi connectivity index (χ1v) is 8.78. The average molecular weight is 369 g/mol. The summed E-state index contributed by atoms with van der Waals surface area (Å²) in [5, 5.41) is 12.7. The molecule has 1 aromatic heterocycles. The summed E-state index contributed by atoms with van der Waals surface area (Å²) in [7, 11) is 0. The van der Waals surface area contributed by atoms with Gasteiger partial charge in [-0.3, -0.25) is 9.78 Å². The Balaban J connectivity index is 1.96. The maximum Gasteiger partial charge on any atom is 0.263 e. The molecular weight excluding hydrogens is 348 g/mol. The van der Waals surface area contributed by atoms with Gasteiger partial charge >= 0.3 is 0 Å². The molecule has 0 aliphatic rings. The quantitative estimate of drug-likeness (QED) is 0.573. The van der Waals surface area contributed by atoms with Gasteiger partial charge in [-0.15, -0.1) is 0 Å². The lowest BCUT2D eigenvalue weighted by Crippen LogP contribution is -2.27. The summed E-state index contributed by atoms with van der Waals surface area (Å²) in [6.07, 6.45) is 5.94. The highest BCUT2D eigenvalue weighted by atomic mass is 35.5. The van der Waals surface area contributed by atoms with Crippen molar-refractivity contribution in [1.29, 1.82) is 5.26 Å². The molecule has 0 saturated heterocycles. The van der Waals surface area contributed by atoms with Crippen molar-refractivity contribution in [3.63, 3.8) is 0 Å². The maximum atomic E-state index is 12.3. The van der Waals surface area contributed by atoms with Crippen LogP contribution in [-0.2, 0) is 17.8 Å².